The smallest absolute Gasteiger partial charge is 0.151 e. The second-order valence-corrected chi connectivity index (χ2v) is 5.79. The maximum absolute atomic E-state index is 9.41. The molecule has 0 saturated carbocycles. The van der Waals surface area contributed by atoms with E-state index in [1.165, 1.54) is 0 Å². The fourth-order valence-corrected chi connectivity index (χ4v) is 3.00. The van der Waals surface area contributed by atoms with Gasteiger partial charge in [0.05, 0.1) is 16.1 Å². The normalized spacial score (nSPS) is 10.8. The van der Waals surface area contributed by atoms with Gasteiger partial charge in [-0.2, -0.15) is 0 Å². The van der Waals surface area contributed by atoms with Gasteiger partial charge >= 0.3 is 0 Å². The van der Waals surface area contributed by atoms with E-state index in [9.17, 15) is 5.11 Å². The van der Waals surface area contributed by atoms with E-state index in [1.54, 1.807) is 18.2 Å². The second-order valence-electron chi connectivity index (χ2n) is 4.59. The Balaban J connectivity index is 2.09. The Kier molecular flexibility index (Phi) is 4.15. The van der Waals surface area contributed by atoms with Crippen molar-refractivity contribution < 1.29 is 9.84 Å². The first-order chi connectivity index (χ1) is 10.2. The number of hydrogen-bond acceptors (Lipinski definition) is 2. The van der Waals surface area contributed by atoms with Crippen molar-refractivity contribution in [3.8, 4) is 11.5 Å². The van der Waals surface area contributed by atoms with Crippen LogP contribution in [0.5, 0.6) is 11.5 Å². The van der Waals surface area contributed by atoms with Crippen LogP contribution < -0.4 is 4.74 Å². The molecule has 0 atom stereocenters. The van der Waals surface area contributed by atoms with Gasteiger partial charge in [0.1, 0.15) is 5.75 Å². The van der Waals surface area contributed by atoms with Gasteiger partial charge in [0.2, 0.25) is 0 Å². The van der Waals surface area contributed by atoms with Crippen molar-refractivity contribution in [2.75, 3.05) is 0 Å². The summed E-state index contributed by atoms with van der Waals surface area (Å²) in [5.41, 5.74) is 0.655. The summed E-state index contributed by atoms with van der Waals surface area (Å²) in [4.78, 5) is 0. The molecule has 3 rings (SSSR count). The monoisotopic (exact) mass is 362 g/mol. The van der Waals surface area contributed by atoms with Gasteiger partial charge in [-0.15, -0.1) is 0 Å². The minimum atomic E-state index is -0.124. The first-order valence-electron chi connectivity index (χ1n) is 6.44. The third-order valence-electron chi connectivity index (χ3n) is 3.26. The van der Waals surface area contributed by atoms with Crippen LogP contribution in [0.3, 0.4) is 0 Å². The lowest BCUT2D eigenvalue weighted by Gasteiger charge is -2.14. The molecule has 2 nitrogen and oxygen atoms in total. The highest BCUT2D eigenvalue weighted by Crippen LogP contribution is 2.39. The van der Waals surface area contributed by atoms with E-state index in [4.69, 9.17) is 16.3 Å². The zero-order chi connectivity index (χ0) is 14.8. The summed E-state index contributed by atoms with van der Waals surface area (Å²) in [6.07, 6.45) is 0. The van der Waals surface area contributed by atoms with E-state index in [1.807, 2.05) is 36.4 Å². The minimum absolute atomic E-state index is 0.124. The average molecular weight is 364 g/mol. The van der Waals surface area contributed by atoms with Crippen LogP contribution in [0.2, 0.25) is 5.02 Å². The van der Waals surface area contributed by atoms with Crippen molar-refractivity contribution in [1.29, 1.82) is 0 Å². The molecule has 0 radical (unpaired) electrons. The van der Waals surface area contributed by atoms with E-state index in [0.717, 1.165) is 15.2 Å². The van der Waals surface area contributed by atoms with Gasteiger partial charge in [0.25, 0.3) is 0 Å². The molecule has 0 bridgehead atoms. The van der Waals surface area contributed by atoms with Gasteiger partial charge in [-0.3, -0.25) is 0 Å². The largest absolute Gasteiger partial charge is 0.454 e. The highest BCUT2D eigenvalue weighted by Gasteiger charge is 2.12. The van der Waals surface area contributed by atoms with Crippen molar-refractivity contribution in [1.82, 2.24) is 0 Å². The number of aliphatic hydroxyl groups excluding tert-OH is 1. The van der Waals surface area contributed by atoms with Gasteiger partial charge in [-0.05, 0) is 38.8 Å². The Morgan fingerprint density at radius 1 is 1.00 bits per heavy atom. The Labute approximate surface area is 136 Å². The van der Waals surface area contributed by atoms with Gasteiger partial charge in [-0.25, -0.2) is 0 Å². The standard InChI is InChI=1S/C17H12BrClO2/c18-16-13-6-2-1-4-11(13)8-9-15(16)21-17-12(10-20)5-3-7-14(17)19/h1-9,20H,10H2. The second kappa shape index (κ2) is 6.06. The molecule has 0 fully saturated rings. The van der Waals surface area contributed by atoms with Crippen LogP contribution in [0.4, 0.5) is 0 Å². The Bertz CT molecular complexity index is 802. The lowest BCUT2D eigenvalue weighted by Crippen LogP contribution is -1.93. The van der Waals surface area contributed by atoms with Crippen LogP contribution in [0.1, 0.15) is 5.56 Å². The van der Waals surface area contributed by atoms with E-state index >= 15 is 0 Å². The molecule has 4 heteroatoms. The van der Waals surface area contributed by atoms with Crippen LogP contribution >= 0.6 is 27.5 Å². The summed E-state index contributed by atoms with van der Waals surface area (Å²) in [6.45, 7) is -0.124. The average Bonchev–Trinajstić information content (AvgIpc) is 2.52. The number of para-hydroxylation sites is 1. The molecule has 0 aliphatic heterocycles. The highest BCUT2D eigenvalue weighted by molar-refractivity contribution is 9.10. The van der Waals surface area contributed by atoms with E-state index in [-0.39, 0.29) is 6.61 Å². The lowest BCUT2D eigenvalue weighted by atomic mass is 10.1. The quantitative estimate of drug-likeness (QED) is 0.662. The van der Waals surface area contributed by atoms with E-state index < -0.39 is 0 Å². The molecular formula is C17H12BrClO2. The lowest BCUT2D eigenvalue weighted by molar-refractivity contribution is 0.276. The number of benzene rings is 3. The molecule has 0 aromatic heterocycles. The Morgan fingerprint density at radius 3 is 2.62 bits per heavy atom. The van der Waals surface area contributed by atoms with Gasteiger partial charge in [0, 0.05) is 5.56 Å². The fourth-order valence-electron chi connectivity index (χ4n) is 2.19. The summed E-state index contributed by atoms with van der Waals surface area (Å²) in [5.74, 6) is 1.15. The van der Waals surface area contributed by atoms with Crippen LogP contribution in [0, 0.1) is 0 Å². The number of halogens is 2. The predicted molar refractivity (Wildman–Crippen MR) is 89.1 cm³/mol. The first kappa shape index (κ1) is 14.4. The molecule has 0 aliphatic rings. The van der Waals surface area contributed by atoms with Crippen LogP contribution in [0.25, 0.3) is 10.8 Å². The van der Waals surface area contributed by atoms with E-state index in [2.05, 4.69) is 15.9 Å². The van der Waals surface area contributed by atoms with Crippen LogP contribution in [-0.4, -0.2) is 5.11 Å². The van der Waals surface area contributed by atoms with Crippen molar-refractivity contribution in [2.45, 2.75) is 6.61 Å². The number of fused-ring (bicyclic) bond motifs is 1. The molecule has 106 valence electrons. The molecule has 0 unspecified atom stereocenters. The van der Waals surface area contributed by atoms with Gasteiger partial charge in [-0.1, -0.05) is 54.1 Å². The third-order valence-corrected chi connectivity index (χ3v) is 4.37. The number of hydrogen-bond donors (Lipinski definition) is 1. The highest BCUT2D eigenvalue weighted by atomic mass is 79.9. The first-order valence-corrected chi connectivity index (χ1v) is 7.61. The van der Waals surface area contributed by atoms with Crippen LogP contribution in [0.15, 0.2) is 59.1 Å². The van der Waals surface area contributed by atoms with Crippen molar-refractivity contribution in [2.24, 2.45) is 0 Å². The summed E-state index contributed by atoms with van der Waals surface area (Å²) < 4.78 is 6.80. The Morgan fingerprint density at radius 2 is 1.81 bits per heavy atom. The molecule has 0 saturated heterocycles. The molecule has 3 aromatic carbocycles. The molecule has 21 heavy (non-hydrogen) atoms. The number of aliphatic hydroxyl groups is 1. The summed E-state index contributed by atoms with van der Waals surface area (Å²) >= 11 is 9.76. The molecule has 0 aliphatic carbocycles. The third kappa shape index (κ3) is 2.77. The molecule has 0 heterocycles. The number of ether oxygens (including phenoxy) is 1. The summed E-state index contributed by atoms with van der Waals surface area (Å²) in [5, 5.41) is 12.1. The van der Waals surface area contributed by atoms with Crippen molar-refractivity contribution in [3.05, 3.63) is 69.7 Å². The maximum atomic E-state index is 9.41. The summed E-state index contributed by atoms with van der Waals surface area (Å²) in [6, 6.07) is 17.2. The zero-order valence-corrected chi connectivity index (χ0v) is 13.4. The summed E-state index contributed by atoms with van der Waals surface area (Å²) in [7, 11) is 0. The fraction of sp³-hybridized carbons (Fsp3) is 0.0588. The zero-order valence-electron chi connectivity index (χ0n) is 11.0. The predicted octanol–water partition coefficient (Wildman–Crippen LogP) is 5.54. The molecule has 1 N–H and O–H groups in total. The number of rotatable bonds is 3. The molecule has 0 amide bonds. The minimum Gasteiger partial charge on any atom is -0.454 e. The Hall–Kier alpha value is -1.55. The topological polar surface area (TPSA) is 29.5 Å². The maximum Gasteiger partial charge on any atom is 0.151 e. The SMILES string of the molecule is OCc1cccc(Cl)c1Oc1ccc2ccccc2c1Br. The van der Waals surface area contributed by atoms with Crippen molar-refractivity contribution >= 4 is 38.3 Å². The molecule has 3 aromatic rings. The van der Waals surface area contributed by atoms with Gasteiger partial charge < -0.3 is 9.84 Å². The van der Waals surface area contributed by atoms with Crippen LogP contribution in [-0.2, 0) is 6.61 Å². The van der Waals surface area contributed by atoms with Crippen molar-refractivity contribution in [3.63, 3.8) is 0 Å². The van der Waals surface area contributed by atoms with E-state index in [0.29, 0.717) is 22.1 Å². The molecule has 0 spiro atoms. The molecular weight excluding hydrogens is 352 g/mol. The van der Waals surface area contributed by atoms with Gasteiger partial charge in [0.15, 0.2) is 5.75 Å².